The van der Waals surface area contributed by atoms with E-state index in [1.165, 1.54) is 42.1 Å². The van der Waals surface area contributed by atoms with Gasteiger partial charge in [0.25, 0.3) is 5.56 Å². The molecule has 0 aliphatic carbocycles. The van der Waals surface area contributed by atoms with Gasteiger partial charge in [-0.1, -0.05) is 6.07 Å². The fraction of sp³-hybridized carbons (Fsp3) is 0.316. The van der Waals surface area contributed by atoms with Gasteiger partial charge in [-0.05, 0) is 24.6 Å². The molecule has 148 valence electrons. The molecular formula is C19H21FN4O4. The minimum absolute atomic E-state index is 0.0177. The minimum atomic E-state index is -0.677. The molecule has 3 N–H and O–H groups in total. The van der Waals surface area contributed by atoms with Crippen molar-refractivity contribution in [1.82, 2.24) is 9.47 Å². The Morgan fingerprint density at radius 1 is 1.32 bits per heavy atom. The molecule has 2 aromatic rings. The number of hydrogen-bond donors (Lipinski definition) is 2. The van der Waals surface area contributed by atoms with Gasteiger partial charge in [0.2, 0.25) is 11.8 Å². The molecule has 1 aromatic carbocycles. The fourth-order valence-electron chi connectivity index (χ4n) is 3.27. The lowest BCUT2D eigenvalue weighted by Gasteiger charge is -2.21. The number of anilines is 1. The van der Waals surface area contributed by atoms with E-state index in [1.807, 2.05) is 0 Å². The molecule has 28 heavy (non-hydrogen) atoms. The van der Waals surface area contributed by atoms with Gasteiger partial charge in [0.15, 0.2) is 0 Å². The van der Waals surface area contributed by atoms with Gasteiger partial charge in [-0.25, -0.2) is 4.39 Å². The number of nitrogens with one attached hydrogen (secondary N) is 1. The molecule has 1 aliphatic heterocycles. The first-order valence-corrected chi connectivity index (χ1v) is 8.72. The van der Waals surface area contributed by atoms with E-state index >= 15 is 0 Å². The van der Waals surface area contributed by atoms with Crippen LogP contribution in [0.3, 0.4) is 0 Å². The number of primary amides is 1. The Bertz CT molecular complexity index is 946. The molecule has 2 atom stereocenters. The highest BCUT2D eigenvalue weighted by molar-refractivity contribution is 5.93. The summed E-state index contributed by atoms with van der Waals surface area (Å²) in [5, 5.41) is 2.49. The molecule has 3 rings (SSSR count). The summed E-state index contributed by atoms with van der Waals surface area (Å²) in [6.45, 7) is 0.267. The number of hydrogen-bond acceptors (Lipinski definition) is 5. The smallest absolute Gasteiger partial charge is 0.255 e. The zero-order valence-corrected chi connectivity index (χ0v) is 15.3. The maximum Gasteiger partial charge on any atom is 0.255 e. The van der Waals surface area contributed by atoms with Crippen molar-refractivity contribution in [2.24, 2.45) is 5.73 Å². The molecule has 8 nitrogen and oxygen atoms in total. The number of carbonyl (C=O) groups excluding carboxylic acids is 2. The largest absolute Gasteiger partial charge is 0.380 e. The average molecular weight is 388 g/mol. The normalized spacial score (nSPS) is 19.5. The molecule has 1 fully saturated rings. The number of methoxy groups -OCH3 is 1. The summed E-state index contributed by atoms with van der Waals surface area (Å²) >= 11 is 0. The molecule has 0 saturated carbocycles. The van der Waals surface area contributed by atoms with Gasteiger partial charge in [-0.15, -0.1) is 0 Å². The van der Waals surface area contributed by atoms with Crippen LogP contribution in [0.1, 0.15) is 6.42 Å². The van der Waals surface area contributed by atoms with Crippen LogP contribution >= 0.6 is 0 Å². The number of ether oxygens (including phenoxy) is 1. The van der Waals surface area contributed by atoms with Gasteiger partial charge >= 0.3 is 0 Å². The maximum atomic E-state index is 14.4. The Hall–Kier alpha value is -3.04. The van der Waals surface area contributed by atoms with Crippen LogP contribution in [0.5, 0.6) is 0 Å². The number of benzene rings is 1. The summed E-state index contributed by atoms with van der Waals surface area (Å²) in [6.07, 6.45) is 1.75. The van der Waals surface area contributed by atoms with Crippen molar-refractivity contribution in [2.75, 3.05) is 25.5 Å². The van der Waals surface area contributed by atoms with Crippen LogP contribution in [0.2, 0.25) is 0 Å². The molecule has 1 unspecified atom stereocenters. The van der Waals surface area contributed by atoms with Crippen molar-refractivity contribution >= 4 is 17.5 Å². The van der Waals surface area contributed by atoms with E-state index in [1.54, 1.807) is 17.0 Å². The van der Waals surface area contributed by atoms with E-state index in [0.29, 0.717) is 18.7 Å². The van der Waals surface area contributed by atoms with Gasteiger partial charge in [-0.3, -0.25) is 23.9 Å². The zero-order chi connectivity index (χ0) is 20.3. The topological polar surface area (TPSA) is 107 Å². The number of amides is 2. The Morgan fingerprint density at radius 3 is 2.75 bits per heavy atom. The first kappa shape index (κ1) is 19.7. The number of likely N-dealkylation sites (tertiary alicyclic amines) is 1. The molecular weight excluding hydrogens is 367 g/mol. The standard InChI is InChI=1S/C19H21FN4O4/c1-28-13-9-16(19(21)27)23(10-13)11-17(25)22-15-6-5-12(8-14(15)20)24-7-3-2-4-18(24)26/h2-8,13,16H,9-11H2,1H3,(H2,21,27)(H,22,25)/t13-,16?/m0/s1. The minimum Gasteiger partial charge on any atom is -0.380 e. The van der Waals surface area contributed by atoms with Gasteiger partial charge < -0.3 is 15.8 Å². The summed E-state index contributed by atoms with van der Waals surface area (Å²) in [5.41, 5.74) is 5.42. The Labute approximate surface area is 160 Å². The van der Waals surface area contributed by atoms with Crippen molar-refractivity contribution < 1.29 is 18.7 Å². The number of aromatic nitrogens is 1. The van der Waals surface area contributed by atoms with Crippen LogP contribution in [-0.2, 0) is 14.3 Å². The average Bonchev–Trinajstić information content (AvgIpc) is 3.07. The lowest BCUT2D eigenvalue weighted by Crippen LogP contribution is -2.44. The second kappa shape index (κ2) is 8.32. The van der Waals surface area contributed by atoms with E-state index < -0.39 is 23.7 Å². The Morgan fingerprint density at radius 2 is 2.11 bits per heavy atom. The first-order valence-electron chi connectivity index (χ1n) is 8.72. The van der Waals surface area contributed by atoms with E-state index in [2.05, 4.69) is 5.32 Å². The molecule has 1 aromatic heterocycles. The van der Waals surface area contributed by atoms with E-state index in [-0.39, 0.29) is 23.9 Å². The Balaban J connectivity index is 1.70. The molecule has 1 aliphatic rings. The highest BCUT2D eigenvalue weighted by Crippen LogP contribution is 2.21. The second-order valence-corrected chi connectivity index (χ2v) is 6.56. The summed E-state index contributed by atoms with van der Waals surface area (Å²) in [5.74, 6) is -1.69. The van der Waals surface area contributed by atoms with Crippen LogP contribution in [0.4, 0.5) is 10.1 Å². The van der Waals surface area contributed by atoms with Crippen LogP contribution in [-0.4, -0.2) is 53.6 Å². The molecule has 9 heteroatoms. The van der Waals surface area contributed by atoms with Crippen LogP contribution in [0, 0.1) is 5.82 Å². The summed E-state index contributed by atoms with van der Waals surface area (Å²) in [4.78, 5) is 37.4. The van der Waals surface area contributed by atoms with Gasteiger partial charge in [0.05, 0.1) is 30.1 Å². The van der Waals surface area contributed by atoms with Crippen molar-refractivity contribution in [3.8, 4) is 5.69 Å². The van der Waals surface area contributed by atoms with Crippen molar-refractivity contribution in [3.63, 3.8) is 0 Å². The SMILES string of the molecule is CO[C@H]1CC(C(N)=O)N(CC(=O)Nc2ccc(-n3ccccc3=O)cc2F)C1. The number of pyridine rings is 1. The number of carbonyl (C=O) groups is 2. The third-order valence-corrected chi connectivity index (χ3v) is 4.70. The monoisotopic (exact) mass is 388 g/mol. The third kappa shape index (κ3) is 4.26. The van der Waals surface area contributed by atoms with E-state index in [9.17, 15) is 18.8 Å². The first-order chi connectivity index (χ1) is 13.4. The summed E-state index contributed by atoms with van der Waals surface area (Å²) < 4.78 is 21.0. The Kier molecular flexibility index (Phi) is 5.86. The van der Waals surface area contributed by atoms with E-state index in [4.69, 9.17) is 10.5 Å². The fourth-order valence-corrected chi connectivity index (χ4v) is 3.27. The zero-order valence-electron chi connectivity index (χ0n) is 15.3. The maximum absolute atomic E-state index is 14.4. The quantitative estimate of drug-likeness (QED) is 0.749. The predicted octanol–water partition coefficient (Wildman–Crippen LogP) is 0.490. The molecule has 0 radical (unpaired) electrons. The number of rotatable bonds is 6. The van der Waals surface area contributed by atoms with Crippen LogP contribution in [0.15, 0.2) is 47.4 Å². The van der Waals surface area contributed by atoms with Crippen molar-refractivity contribution in [2.45, 2.75) is 18.6 Å². The lowest BCUT2D eigenvalue weighted by atomic mass is 10.2. The molecule has 2 amide bonds. The van der Waals surface area contributed by atoms with Crippen molar-refractivity contribution in [1.29, 1.82) is 0 Å². The lowest BCUT2D eigenvalue weighted by molar-refractivity contribution is -0.123. The molecule has 0 spiro atoms. The van der Waals surface area contributed by atoms with Crippen LogP contribution < -0.4 is 16.6 Å². The third-order valence-electron chi connectivity index (χ3n) is 4.70. The molecule has 0 bridgehead atoms. The summed E-state index contributed by atoms with van der Waals surface area (Å²) in [7, 11) is 1.53. The van der Waals surface area contributed by atoms with Crippen molar-refractivity contribution in [3.05, 3.63) is 58.8 Å². The van der Waals surface area contributed by atoms with Crippen LogP contribution in [0.25, 0.3) is 5.69 Å². The number of nitrogens with two attached hydrogens (primary N) is 1. The second-order valence-electron chi connectivity index (χ2n) is 6.56. The number of halogens is 1. The highest BCUT2D eigenvalue weighted by atomic mass is 19.1. The number of nitrogens with zero attached hydrogens (tertiary/aromatic N) is 2. The van der Waals surface area contributed by atoms with E-state index in [0.717, 1.165) is 0 Å². The van der Waals surface area contributed by atoms with Gasteiger partial charge in [0, 0.05) is 32.0 Å². The molecule has 2 heterocycles. The van der Waals surface area contributed by atoms with Gasteiger partial charge in [-0.2, -0.15) is 0 Å². The summed E-state index contributed by atoms with van der Waals surface area (Å²) in [6, 6.07) is 8.10. The highest BCUT2D eigenvalue weighted by Gasteiger charge is 2.36. The predicted molar refractivity (Wildman–Crippen MR) is 101 cm³/mol. The molecule has 1 saturated heterocycles. The van der Waals surface area contributed by atoms with Gasteiger partial charge in [0.1, 0.15) is 5.82 Å².